The number of hydrogen-bond acceptors (Lipinski definition) is 5. The fourth-order valence-corrected chi connectivity index (χ4v) is 3.75. The van der Waals surface area contributed by atoms with E-state index in [1.54, 1.807) is 37.3 Å². The molecule has 7 nitrogen and oxygen atoms in total. The first-order valence-corrected chi connectivity index (χ1v) is 9.64. The Morgan fingerprint density at radius 3 is 2.30 bits per heavy atom. The molecule has 27 heavy (non-hydrogen) atoms. The minimum Gasteiger partial charge on any atom is -0.497 e. The van der Waals surface area contributed by atoms with Crippen LogP contribution in [-0.2, 0) is 4.79 Å². The summed E-state index contributed by atoms with van der Waals surface area (Å²) in [6, 6.07) is 5.42. The monoisotopic (exact) mass is 375 g/mol. The molecule has 148 valence electrons. The van der Waals surface area contributed by atoms with Crippen molar-refractivity contribution in [2.75, 3.05) is 40.4 Å². The van der Waals surface area contributed by atoms with E-state index in [-0.39, 0.29) is 23.8 Å². The molecular weight excluding hydrogens is 346 g/mol. The first kappa shape index (κ1) is 19.5. The van der Waals surface area contributed by atoms with E-state index in [0.717, 1.165) is 25.9 Å². The van der Waals surface area contributed by atoms with Crippen LogP contribution in [0.2, 0.25) is 0 Å². The number of ether oxygens (including phenoxy) is 2. The van der Waals surface area contributed by atoms with Gasteiger partial charge in [-0.1, -0.05) is 0 Å². The molecule has 1 aromatic rings. The maximum absolute atomic E-state index is 12.8. The van der Waals surface area contributed by atoms with Gasteiger partial charge < -0.3 is 25.0 Å². The van der Waals surface area contributed by atoms with E-state index in [9.17, 15) is 9.59 Å². The predicted molar refractivity (Wildman–Crippen MR) is 102 cm³/mol. The molecule has 2 aliphatic rings. The number of rotatable bonds is 5. The minimum absolute atomic E-state index is 0.0178. The third-order valence-corrected chi connectivity index (χ3v) is 5.39. The highest BCUT2D eigenvalue weighted by Gasteiger charge is 2.29. The van der Waals surface area contributed by atoms with E-state index in [1.807, 2.05) is 0 Å². The third-order valence-electron chi connectivity index (χ3n) is 5.39. The number of methoxy groups -OCH3 is 2. The van der Waals surface area contributed by atoms with Crippen molar-refractivity contribution in [1.29, 1.82) is 0 Å². The van der Waals surface area contributed by atoms with Crippen LogP contribution in [0.4, 0.5) is 0 Å². The zero-order chi connectivity index (χ0) is 19.2. The molecule has 2 fully saturated rings. The van der Waals surface area contributed by atoms with Gasteiger partial charge in [-0.25, -0.2) is 0 Å². The lowest BCUT2D eigenvalue weighted by molar-refractivity contribution is -0.127. The number of amides is 2. The number of nitrogens with one attached hydrogen (secondary N) is 2. The van der Waals surface area contributed by atoms with Crippen molar-refractivity contribution < 1.29 is 19.1 Å². The summed E-state index contributed by atoms with van der Waals surface area (Å²) >= 11 is 0. The lowest BCUT2D eigenvalue weighted by Crippen LogP contribution is -2.49. The SMILES string of the molecule is COc1cc(OC)cc(C(=O)N2CCC(C(=O)NC3CCCNC3)CC2)c1. The van der Waals surface area contributed by atoms with E-state index in [1.165, 1.54) is 0 Å². The Morgan fingerprint density at radius 2 is 1.74 bits per heavy atom. The molecule has 2 amide bonds. The second kappa shape index (κ2) is 9.08. The highest BCUT2D eigenvalue weighted by molar-refractivity contribution is 5.95. The van der Waals surface area contributed by atoms with Gasteiger partial charge in [-0.3, -0.25) is 9.59 Å². The van der Waals surface area contributed by atoms with Crippen molar-refractivity contribution in [2.45, 2.75) is 31.7 Å². The van der Waals surface area contributed by atoms with Gasteiger partial charge in [-0.15, -0.1) is 0 Å². The summed E-state index contributed by atoms with van der Waals surface area (Å²) in [6.07, 6.45) is 3.52. The van der Waals surface area contributed by atoms with E-state index >= 15 is 0 Å². The largest absolute Gasteiger partial charge is 0.497 e. The van der Waals surface area contributed by atoms with Crippen molar-refractivity contribution >= 4 is 11.8 Å². The molecule has 2 aliphatic heterocycles. The van der Waals surface area contributed by atoms with Gasteiger partial charge in [0.1, 0.15) is 11.5 Å². The van der Waals surface area contributed by atoms with Crippen LogP contribution in [0.25, 0.3) is 0 Å². The number of piperidine rings is 2. The van der Waals surface area contributed by atoms with Crippen LogP contribution in [0, 0.1) is 5.92 Å². The molecule has 2 saturated heterocycles. The van der Waals surface area contributed by atoms with Crippen LogP contribution in [-0.4, -0.2) is 63.2 Å². The average Bonchev–Trinajstić information content (AvgIpc) is 2.73. The summed E-state index contributed by atoms with van der Waals surface area (Å²) in [6.45, 7) is 3.04. The van der Waals surface area contributed by atoms with Gasteiger partial charge in [0.2, 0.25) is 5.91 Å². The second-order valence-corrected chi connectivity index (χ2v) is 7.22. The quantitative estimate of drug-likeness (QED) is 0.814. The Kier molecular flexibility index (Phi) is 6.55. The maximum atomic E-state index is 12.8. The van der Waals surface area contributed by atoms with Crippen molar-refractivity contribution in [3.8, 4) is 11.5 Å². The lowest BCUT2D eigenvalue weighted by atomic mass is 9.94. The first-order chi connectivity index (χ1) is 13.1. The fraction of sp³-hybridized carbons (Fsp3) is 0.600. The van der Waals surface area contributed by atoms with Gasteiger partial charge in [0.15, 0.2) is 0 Å². The van der Waals surface area contributed by atoms with Crippen molar-refractivity contribution in [3.63, 3.8) is 0 Å². The number of carbonyl (C=O) groups excluding carboxylic acids is 2. The average molecular weight is 375 g/mol. The van der Waals surface area contributed by atoms with E-state index in [0.29, 0.717) is 43.0 Å². The highest BCUT2D eigenvalue weighted by Crippen LogP contribution is 2.25. The van der Waals surface area contributed by atoms with Crippen LogP contribution in [0.3, 0.4) is 0 Å². The number of likely N-dealkylation sites (tertiary alicyclic amines) is 1. The van der Waals surface area contributed by atoms with Gasteiger partial charge in [0.25, 0.3) is 5.91 Å². The third kappa shape index (κ3) is 4.91. The number of nitrogens with zero attached hydrogens (tertiary/aromatic N) is 1. The number of benzene rings is 1. The summed E-state index contributed by atoms with van der Waals surface area (Å²) < 4.78 is 10.5. The Morgan fingerprint density at radius 1 is 1.07 bits per heavy atom. The molecule has 2 N–H and O–H groups in total. The zero-order valence-corrected chi connectivity index (χ0v) is 16.1. The molecule has 3 rings (SSSR count). The fourth-order valence-electron chi connectivity index (χ4n) is 3.75. The van der Waals surface area contributed by atoms with Crippen LogP contribution in [0.1, 0.15) is 36.0 Å². The molecular formula is C20H29N3O4. The summed E-state index contributed by atoms with van der Waals surface area (Å²) in [5, 5.41) is 6.47. The van der Waals surface area contributed by atoms with Gasteiger partial charge in [-0.2, -0.15) is 0 Å². The molecule has 0 aliphatic carbocycles. The van der Waals surface area contributed by atoms with Crippen LogP contribution in [0.5, 0.6) is 11.5 Å². The highest BCUT2D eigenvalue weighted by atomic mass is 16.5. The van der Waals surface area contributed by atoms with Gasteiger partial charge >= 0.3 is 0 Å². The molecule has 1 aromatic carbocycles. The molecule has 1 unspecified atom stereocenters. The Labute approximate surface area is 160 Å². The molecule has 0 spiro atoms. The predicted octanol–water partition coefficient (Wildman–Crippen LogP) is 1.42. The smallest absolute Gasteiger partial charge is 0.254 e. The summed E-state index contributed by atoms with van der Waals surface area (Å²) in [7, 11) is 3.13. The normalized spacial score (nSPS) is 20.8. The Bertz CT molecular complexity index is 643. The number of hydrogen-bond donors (Lipinski definition) is 2. The molecule has 0 bridgehead atoms. The molecule has 0 radical (unpaired) electrons. The van der Waals surface area contributed by atoms with Crippen LogP contribution < -0.4 is 20.1 Å². The topological polar surface area (TPSA) is 79.9 Å². The van der Waals surface area contributed by atoms with E-state index in [2.05, 4.69) is 10.6 Å². The zero-order valence-electron chi connectivity index (χ0n) is 16.1. The first-order valence-electron chi connectivity index (χ1n) is 9.64. The Hall–Kier alpha value is -2.28. The minimum atomic E-state index is -0.0532. The lowest BCUT2D eigenvalue weighted by Gasteiger charge is -2.33. The van der Waals surface area contributed by atoms with Gasteiger partial charge in [-0.05, 0) is 44.4 Å². The van der Waals surface area contributed by atoms with E-state index < -0.39 is 0 Å². The van der Waals surface area contributed by atoms with Crippen molar-refractivity contribution in [1.82, 2.24) is 15.5 Å². The standard InChI is InChI=1S/C20H29N3O4/c1-26-17-10-15(11-18(12-17)27-2)20(25)23-8-5-14(6-9-23)19(24)22-16-4-3-7-21-13-16/h10-12,14,16,21H,3-9,13H2,1-2H3,(H,22,24). The van der Waals surface area contributed by atoms with Crippen molar-refractivity contribution in [2.24, 2.45) is 5.92 Å². The van der Waals surface area contributed by atoms with E-state index in [4.69, 9.17) is 9.47 Å². The molecule has 0 aromatic heterocycles. The number of carbonyl (C=O) groups is 2. The van der Waals surface area contributed by atoms with Crippen LogP contribution in [0.15, 0.2) is 18.2 Å². The van der Waals surface area contributed by atoms with Crippen molar-refractivity contribution in [3.05, 3.63) is 23.8 Å². The second-order valence-electron chi connectivity index (χ2n) is 7.22. The summed E-state index contributed by atoms with van der Waals surface area (Å²) in [5.74, 6) is 1.23. The molecule has 2 heterocycles. The Balaban J connectivity index is 1.55. The molecule has 7 heteroatoms. The van der Waals surface area contributed by atoms with Gasteiger partial charge in [0, 0.05) is 43.2 Å². The maximum Gasteiger partial charge on any atom is 0.254 e. The summed E-state index contributed by atoms with van der Waals surface area (Å²) in [4.78, 5) is 27.1. The molecule has 0 saturated carbocycles. The molecule has 1 atom stereocenters. The van der Waals surface area contributed by atoms with Gasteiger partial charge in [0.05, 0.1) is 14.2 Å². The summed E-state index contributed by atoms with van der Waals surface area (Å²) in [5.41, 5.74) is 0.544. The van der Waals surface area contributed by atoms with Crippen LogP contribution >= 0.6 is 0 Å².